The van der Waals surface area contributed by atoms with Crippen molar-refractivity contribution < 1.29 is 4.79 Å². The fraction of sp³-hybridized carbons (Fsp3) is 0.800. The summed E-state index contributed by atoms with van der Waals surface area (Å²) < 4.78 is 0. The van der Waals surface area contributed by atoms with E-state index < -0.39 is 0 Å². The van der Waals surface area contributed by atoms with Crippen LogP contribution in [0, 0.1) is 18.3 Å². The van der Waals surface area contributed by atoms with E-state index in [0.29, 0.717) is 5.91 Å². The molecule has 100 valence electrons. The smallest absolute Gasteiger partial charge is 0.225 e. The van der Waals surface area contributed by atoms with Crippen LogP contribution in [0.1, 0.15) is 38.5 Å². The van der Waals surface area contributed by atoms with E-state index in [0.717, 1.165) is 45.6 Å². The van der Waals surface area contributed by atoms with Gasteiger partial charge in [-0.2, -0.15) is 0 Å². The van der Waals surface area contributed by atoms with Gasteiger partial charge in [-0.1, -0.05) is 18.8 Å². The summed E-state index contributed by atoms with van der Waals surface area (Å²) >= 11 is 0. The average Bonchev–Trinajstić information content (AvgIpc) is 2.68. The Kier molecular flexibility index (Phi) is 5.07. The molecule has 0 saturated carbocycles. The third-order valence-corrected chi connectivity index (χ3v) is 4.17. The number of likely N-dealkylation sites (tertiary alicyclic amines) is 2. The Bertz CT molecular complexity index is 305. The Morgan fingerprint density at radius 2 is 1.67 bits per heavy atom. The van der Waals surface area contributed by atoms with Crippen molar-refractivity contribution in [2.75, 3.05) is 32.7 Å². The van der Waals surface area contributed by atoms with Gasteiger partial charge in [0.15, 0.2) is 0 Å². The predicted octanol–water partition coefficient (Wildman–Crippen LogP) is 1.73. The standard InChI is InChI=1S/C15H24N2O/c1-2-9-16-12-7-14(8-13-16)15(18)17-10-5-3-4-6-11-17/h1,14H,3-13H2. The number of piperidine rings is 1. The molecule has 2 heterocycles. The number of hydrogen-bond acceptors (Lipinski definition) is 2. The van der Waals surface area contributed by atoms with E-state index in [9.17, 15) is 4.79 Å². The molecule has 2 rings (SSSR count). The largest absolute Gasteiger partial charge is 0.342 e. The number of amides is 1. The highest BCUT2D eigenvalue weighted by molar-refractivity contribution is 5.79. The van der Waals surface area contributed by atoms with Crippen LogP contribution in [0.25, 0.3) is 0 Å². The van der Waals surface area contributed by atoms with E-state index in [-0.39, 0.29) is 5.92 Å². The zero-order valence-electron chi connectivity index (χ0n) is 11.2. The zero-order valence-corrected chi connectivity index (χ0v) is 11.2. The third-order valence-electron chi connectivity index (χ3n) is 4.17. The molecule has 2 fully saturated rings. The van der Waals surface area contributed by atoms with Crippen molar-refractivity contribution in [3.63, 3.8) is 0 Å². The maximum Gasteiger partial charge on any atom is 0.225 e. The highest BCUT2D eigenvalue weighted by Gasteiger charge is 2.28. The minimum atomic E-state index is 0.247. The topological polar surface area (TPSA) is 23.6 Å². The van der Waals surface area contributed by atoms with Gasteiger partial charge < -0.3 is 4.90 Å². The van der Waals surface area contributed by atoms with Crippen LogP contribution < -0.4 is 0 Å². The van der Waals surface area contributed by atoms with Gasteiger partial charge >= 0.3 is 0 Å². The molecule has 0 bridgehead atoms. The summed E-state index contributed by atoms with van der Waals surface area (Å²) in [5.41, 5.74) is 0. The van der Waals surface area contributed by atoms with Crippen LogP contribution in [0.4, 0.5) is 0 Å². The zero-order chi connectivity index (χ0) is 12.8. The molecule has 0 aromatic carbocycles. The second-order valence-electron chi connectivity index (χ2n) is 5.49. The molecule has 18 heavy (non-hydrogen) atoms. The van der Waals surface area contributed by atoms with Crippen LogP contribution in [-0.4, -0.2) is 48.4 Å². The molecule has 0 aromatic heterocycles. The molecule has 0 N–H and O–H groups in total. The summed E-state index contributed by atoms with van der Waals surface area (Å²) in [4.78, 5) is 16.8. The Morgan fingerprint density at radius 3 is 2.22 bits per heavy atom. The molecule has 0 aromatic rings. The highest BCUT2D eigenvalue weighted by Crippen LogP contribution is 2.21. The van der Waals surface area contributed by atoms with E-state index >= 15 is 0 Å². The molecule has 0 atom stereocenters. The van der Waals surface area contributed by atoms with E-state index in [1.165, 1.54) is 25.7 Å². The fourth-order valence-electron chi connectivity index (χ4n) is 3.02. The second-order valence-corrected chi connectivity index (χ2v) is 5.49. The number of hydrogen-bond donors (Lipinski definition) is 0. The first-order valence-electron chi connectivity index (χ1n) is 7.26. The van der Waals surface area contributed by atoms with Crippen LogP contribution in [-0.2, 0) is 4.79 Å². The van der Waals surface area contributed by atoms with Crippen molar-refractivity contribution in [3.05, 3.63) is 0 Å². The van der Waals surface area contributed by atoms with Crippen molar-refractivity contribution in [2.24, 2.45) is 5.92 Å². The third kappa shape index (κ3) is 3.49. The van der Waals surface area contributed by atoms with Crippen molar-refractivity contribution in [2.45, 2.75) is 38.5 Å². The molecule has 2 saturated heterocycles. The van der Waals surface area contributed by atoms with Gasteiger partial charge in [0, 0.05) is 19.0 Å². The lowest BCUT2D eigenvalue weighted by molar-refractivity contribution is -0.137. The molecule has 2 aliphatic rings. The quantitative estimate of drug-likeness (QED) is 0.695. The van der Waals surface area contributed by atoms with Crippen LogP contribution in [0.2, 0.25) is 0 Å². The lowest BCUT2D eigenvalue weighted by Crippen LogP contribution is -2.43. The van der Waals surface area contributed by atoms with Gasteiger partial charge in [0.05, 0.1) is 6.54 Å². The monoisotopic (exact) mass is 248 g/mol. The lowest BCUT2D eigenvalue weighted by atomic mass is 9.95. The summed E-state index contributed by atoms with van der Waals surface area (Å²) in [5.74, 6) is 3.33. The van der Waals surface area contributed by atoms with E-state index in [2.05, 4.69) is 15.7 Å². The van der Waals surface area contributed by atoms with E-state index in [1.807, 2.05) is 0 Å². The lowest BCUT2D eigenvalue weighted by Gasteiger charge is -2.33. The maximum absolute atomic E-state index is 12.4. The summed E-state index contributed by atoms with van der Waals surface area (Å²) in [7, 11) is 0. The summed E-state index contributed by atoms with van der Waals surface area (Å²) in [6, 6.07) is 0. The molecule has 0 radical (unpaired) electrons. The van der Waals surface area contributed by atoms with Gasteiger partial charge in [-0.05, 0) is 38.8 Å². The summed E-state index contributed by atoms with van der Waals surface area (Å²) in [6.45, 7) is 4.64. The summed E-state index contributed by atoms with van der Waals surface area (Å²) in [5, 5.41) is 0. The van der Waals surface area contributed by atoms with E-state index in [4.69, 9.17) is 6.42 Å². The molecule has 1 amide bonds. The molecule has 0 spiro atoms. The second kappa shape index (κ2) is 6.80. The van der Waals surface area contributed by atoms with Gasteiger partial charge in [0.2, 0.25) is 5.91 Å². The first-order valence-corrected chi connectivity index (χ1v) is 7.26. The first-order chi connectivity index (χ1) is 8.81. The number of nitrogens with zero attached hydrogens (tertiary/aromatic N) is 2. The maximum atomic E-state index is 12.4. The van der Waals surface area contributed by atoms with Crippen LogP contribution >= 0.6 is 0 Å². The number of terminal acetylenes is 1. The molecular formula is C15H24N2O. The van der Waals surface area contributed by atoms with E-state index in [1.54, 1.807) is 0 Å². The number of carbonyl (C=O) groups excluding carboxylic acids is 1. The molecule has 2 aliphatic heterocycles. The number of rotatable bonds is 2. The molecular weight excluding hydrogens is 224 g/mol. The van der Waals surface area contributed by atoms with Gasteiger partial charge in [-0.15, -0.1) is 6.42 Å². The van der Waals surface area contributed by atoms with Crippen molar-refractivity contribution in [1.82, 2.24) is 9.80 Å². The molecule has 0 aliphatic carbocycles. The van der Waals surface area contributed by atoms with Crippen LogP contribution in [0.15, 0.2) is 0 Å². The van der Waals surface area contributed by atoms with Gasteiger partial charge in [-0.25, -0.2) is 0 Å². The minimum Gasteiger partial charge on any atom is -0.342 e. The predicted molar refractivity (Wildman–Crippen MR) is 73.0 cm³/mol. The number of carbonyl (C=O) groups is 1. The average molecular weight is 248 g/mol. The van der Waals surface area contributed by atoms with Crippen LogP contribution in [0.3, 0.4) is 0 Å². The first kappa shape index (κ1) is 13.4. The Balaban J connectivity index is 1.81. The normalized spacial score (nSPS) is 23.4. The van der Waals surface area contributed by atoms with Gasteiger partial charge in [0.25, 0.3) is 0 Å². The van der Waals surface area contributed by atoms with Crippen molar-refractivity contribution in [3.8, 4) is 12.3 Å². The van der Waals surface area contributed by atoms with Gasteiger partial charge in [0.1, 0.15) is 0 Å². The van der Waals surface area contributed by atoms with Crippen LogP contribution in [0.5, 0.6) is 0 Å². The highest BCUT2D eigenvalue weighted by atomic mass is 16.2. The SMILES string of the molecule is C#CCN1CCC(C(=O)N2CCCCCC2)CC1. The summed E-state index contributed by atoms with van der Waals surface area (Å²) in [6.07, 6.45) is 12.2. The Morgan fingerprint density at radius 1 is 1.06 bits per heavy atom. The van der Waals surface area contributed by atoms with Gasteiger partial charge in [-0.3, -0.25) is 9.69 Å². The fourth-order valence-corrected chi connectivity index (χ4v) is 3.02. The Hall–Kier alpha value is -1.01. The minimum absolute atomic E-state index is 0.247. The molecule has 3 nitrogen and oxygen atoms in total. The molecule has 0 unspecified atom stereocenters. The van der Waals surface area contributed by atoms with Crippen molar-refractivity contribution in [1.29, 1.82) is 0 Å². The van der Waals surface area contributed by atoms with Crippen molar-refractivity contribution >= 4 is 5.91 Å². The molecule has 3 heteroatoms. The Labute approximate surface area is 111 Å².